The van der Waals surface area contributed by atoms with Crippen LogP contribution < -0.4 is 5.32 Å². The van der Waals surface area contributed by atoms with E-state index >= 15 is 0 Å². The number of amides is 1. The third kappa shape index (κ3) is 3.70. The standard InChI is InChI=1S/C19H28N2O/c1-20-13-16-5-4-10-21(14-16)19(22)12-15-8-9-17-6-2-3-7-18(17)11-15/h8-9,11,16,20H,2-7,10,12-14H2,1H3. The monoisotopic (exact) mass is 300 g/mol. The van der Waals surface area contributed by atoms with E-state index < -0.39 is 0 Å². The van der Waals surface area contributed by atoms with E-state index in [1.54, 1.807) is 0 Å². The maximum atomic E-state index is 12.6. The predicted octanol–water partition coefficient (Wildman–Crippen LogP) is 2.57. The Bertz CT molecular complexity index is 524. The third-order valence-corrected chi connectivity index (χ3v) is 5.13. The summed E-state index contributed by atoms with van der Waals surface area (Å²) in [6, 6.07) is 6.69. The first-order chi connectivity index (χ1) is 10.8. The second-order valence-corrected chi connectivity index (χ2v) is 6.89. The van der Waals surface area contributed by atoms with Crippen molar-refractivity contribution < 1.29 is 4.79 Å². The van der Waals surface area contributed by atoms with E-state index in [0.29, 0.717) is 18.2 Å². The molecule has 0 bridgehead atoms. The quantitative estimate of drug-likeness (QED) is 0.927. The fourth-order valence-electron chi connectivity index (χ4n) is 3.93. The largest absolute Gasteiger partial charge is 0.342 e. The molecule has 1 fully saturated rings. The SMILES string of the molecule is CNCC1CCCN(C(=O)Cc2ccc3c(c2)CCCC3)C1. The van der Waals surface area contributed by atoms with Gasteiger partial charge < -0.3 is 10.2 Å². The van der Waals surface area contributed by atoms with Crippen LogP contribution in [0, 0.1) is 5.92 Å². The number of carbonyl (C=O) groups excluding carboxylic acids is 1. The number of aryl methyl sites for hydroxylation is 2. The Morgan fingerprint density at radius 2 is 2.05 bits per heavy atom. The van der Waals surface area contributed by atoms with Gasteiger partial charge in [0.15, 0.2) is 0 Å². The molecule has 120 valence electrons. The lowest BCUT2D eigenvalue weighted by molar-refractivity contribution is -0.132. The summed E-state index contributed by atoms with van der Waals surface area (Å²) >= 11 is 0. The lowest BCUT2D eigenvalue weighted by Crippen LogP contribution is -2.43. The van der Waals surface area contributed by atoms with Crippen LogP contribution in [0.2, 0.25) is 0 Å². The summed E-state index contributed by atoms with van der Waals surface area (Å²) in [4.78, 5) is 14.7. The molecule has 1 heterocycles. The lowest BCUT2D eigenvalue weighted by Gasteiger charge is -2.33. The smallest absolute Gasteiger partial charge is 0.226 e. The zero-order valence-electron chi connectivity index (χ0n) is 13.7. The third-order valence-electron chi connectivity index (χ3n) is 5.13. The number of nitrogens with one attached hydrogen (secondary N) is 1. The highest BCUT2D eigenvalue weighted by molar-refractivity contribution is 5.79. The van der Waals surface area contributed by atoms with Crippen LogP contribution in [0.4, 0.5) is 0 Å². The van der Waals surface area contributed by atoms with Crippen LogP contribution in [0.15, 0.2) is 18.2 Å². The summed E-state index contributed by atoms with van der Waals surface area (Å²) in [5.74, 6) is 0.919. The van der Waals surface area contributed by atoms with Crippen LogP contribution in [-0.2, 0) is 24.1 Å². The summed E-state index contributed by atoms with van der Waals surface area (Å²) in [5, 5.41) is 3.24. The fraction of sp³-hybridized carbons (Fsp3) is 0.632. The molecule has 22 heavy (non-hydrogen) atoms. The fourth-order valence-corrected chi connectivity index (χ4v) is 3.93. The van der Waals surface area contributed by atoms with Gasteiger partial charge in [0.2, 0.25) is 5.91 Å². The molecule has 1 unspecified atom stereocenters. The number of piperidine rings is 1. The predicted molar refractivity (Wildman–Crippen MR) is 90.0 cm³/mol. The van der Waals surface area contributed by atoms with E-state index in [2.05, 4.69) is 28.4 Å². The maximum absolute atomic E-state index is 12.6. The number of hydrogen-bond donors (Lipinski definition) is 1. The molecular formula is C19H28N2O. The summed E-state index contributed by atoms with van der Waals surface area (Å²) < 4.78 is 0. The summed E-state index contributed by atoms with van der Waals surface area (Å²) in [6.45, 7) is 2.87. The molecule has 1 amide bonds. The molecule has 3 rings (SSSR count). The molecule has 1 aromatic rings. The van der Waals surface area contributed by atoms with Crippen molar-refractivity contribution >= 4 is 5.91 Å². The number of likely N-dealkylation sites (tertiary alicyclic amines) is 1. The summed E-state index contributed by atoms with van der Waals surface area (Å²) in [6.07, 6.45) is 7.95. The summed E-state index contributed by atoms with van der Waals surface area (Å²) in [7, 11) is 1.99. The van der Waals surface area contributed by atoms with Crippen molar-refractivity contribution in [3.8, 4) is 0 Å². The molecular weight excluding hydrogens is 272 g/mol. The minimum atomic E-state index is 0.302. The van der Waals surface area contributed by atoms with Gasteiger partial charge in [0, 0.05) is 13.1 Å². The van der Waals surface area contributed by atoms with E-state index in [-0.39, 0.29) is 0 Å². The second-order valence-electron chi connectivity index (χ2n) is 6.89. The molecule has 2 aliphatic rings. The van der Waals surface area contributed by atoms with Gasteiger partial charge in [-0.25, -0.2) is 0 Å². The number of nitrogens with zero attached hydrogens (tertiary/aromatic N) is 1. The van der Waals surface area contributed by atoms with Crippen molar-refractivity contribution in [2.45, 2.75) is 44.9 Å². The number of fused-ring (bicyclic) bond motifs is 1. The van der Waals surface area contributed by atoms with Crippen LogP contribution in [0.25, 0.3) is 0 Å². The van der Waals surface area contributed by atoms with Gasteiger partial charge in [0.1, 0.15) is 0 Å². The molecule has 0 saturated carbocycles. The highest BCUT2D eigenvalue weighted by atomic mass is 16.2. The Balaban J connectivity index is 1.61. The minimum absolute atomic E-state index is 0.302. The molecule has 0 radical (unpaired) electrons. The molecule has 1 aliphatic heterocycles. The molecule has 0 aromatic heterocycles. The summed E-state index contributed by atoms with van der Waals surface area (Å²) in [5.41, 5.74) is 4.17. The van der Waals surface area contributed by atoms with Crippen LogP contribution in [0.1, 0.15) is 42.4 Å². The normalized spacial score (nSPS) is 21.5. The number of rotatable bonds is 4. The molecule has 1 atom stereocenters. The van der Waals surface area contributed by atoms with E-state index in [1.165, 1.54) is 48.8 Å². The Kier molecular flexibility index (Phi) is 5.14. The highest BCUT2D eigenvalue weighted by Gasteiger charge is 2.23. The zero-order valence-corrected chi connectivity index (χ0v) is 13.7. The highest BCUT2D eigenvalue weighted by Crippen LogP contribution is 2.23. The van der Waals surface area contributed by atoms with Crippen LogP contribution in [-0.4, -0.2) is 37.5 Å². The molecule has 0 spiro atoms. The Hall–Kier alpha value is -1.35. The minimum Gasteiger partial charge on any atom is -0.342 e. The Morgan fingerprint density at radius 1 is 1.23 bits per heavy atom. The number of benzene rings is 1. The average molecular weight is 300 g/mol. The molecule has 1 N–H and O–H groups in total. The van der Waals surface area contributed by atoms with Gasteiger partial charge in [0.05, 0.1) is 6.42 Å². The maximum Gasteiger partial charge on any atom is 0.226 e. The van der Waals surface area contributed by atoms with E-state index in [0.717, 1.165) is 26.1 Å². The molecule has 1 aliphatic carbocycles. The van der Waals surface area contributed by atoms with Crippen molar-refractivity contribution in [1.82, 2.24) is 10.2 Å². The topological polar surface area (TPSA) is 32.3 Å². The van der Waals surface area contributed by atoms with Crippen molar-refractivity contribution in [2.24, 2.45) is 5.92 Å². The van der Waals surface area contributed by atoms with Gasteiger partial charge in [-0.3, -0.25) is 4.79 Å². The van der Waals surface area contributed by atoms with Gasteiger partial charge >= 0.3 is 0 Å². The second kappa shape index (κ2) is 7.28. The first kappa shape index (κ1) is 15.5. The number of carbonyl (C=O) groups is 1. The lowest BCUT2D eigenvalue weighted by atomic mass is 9.90. The average Bonchev–Trinajstić information content (AvgIpc) is 2.55. The van der Waals surface area contributed by atoms with Gasteiger partial charge in [-0.05, 0) is 74.7 Å². The van der Waals surface area contributed by atoms with E-state index in [4.69, 9.17) is 0 Å². The molecule has 3 nitrogen and oxygen atoms in total. The van der Waals surface area contributed by atoms with Crippen LogP contribution in [0.3, 0.4) is 0 Å². The van der Waals surface area contributed by atoms with E-state index in [9.17, 15) is 4.79 Å². The van der Waals surface area contributed by atoms with Gasteiger partial charge in [-0.2, -0.15) is 0 Å². The first-order valence-electron chi connectivity index (χ1n) is 8.79. The molecule has 1 saturated heterocycles. The van der Waals surface area contributed by atoms with Crippen LogP contribution in [0.5, 0.6) is 0 Å². The van der Waals surface area contributed by atoms with Gasteiger partial charge in [0.25, 0.3) is 0 Å². The Labute approximate surface area is 134 Å². The zero-order chi connectivity index (χ0) is 15.4. The van der Waals surface area contributed by atoms with Crippen molar-refractivity contribution in [3.63, 3.8) is 0 Å². The van der Waals surface area contributed by atoms with Crippen molar-refractivity contribution in [3.05, 3.63) is 34.9 Å². The number of hydrogen-bond acceptors (Lipinski definition) is 2. The molecule has 1 aromatic carbocycles. The first-order valence-corrected chi connectivity index (χ1v) is 8.79. The Morgan fingerprint density at radius 3 is 2.86 bits per heavy atom. The van der Waals surface area contributed by atoms with Gasteiger partial charge in [-0.1, -0.05) is 18.2 Å². The van der Waals surface area contributed by atoms with E-state index in [1.807, 2.05) is 7.05 Å². The van der Waals surface area contributed by atoms with Crippen molar-refractivity contribution in [2.75, 3.05) is 26.7 Å². The molecule has 3 heteroatoms. The van der Waals surface area contributed by atoms with Gasteiger partial charge in [-0.15, -0.1) is 0 Å². The van der Waals surface area contributed by atoms with Crippen LogP contribution >= 0.6 is 0 Å². The van der Waals surface area contributed by atoms with Crippen molar-refractivity contribution in [1.29, 1.82) is 0 Å².